The van der Waals surface area contributed by atoms with Crippen molar-refractivity contribution in [2.45, 2.75) is 32.6 Å². The third-order valence-electron chi connectivity index (χ3n) is 5.18. The molecule has 2 aromatic carbocycles. The van der Waals surface area contributed by atoms with Gasteiger partial charge in [-0.1, -0.05) is 41.6 Å². The first-order valence-corrected chi connectivity index (χ1v) is 9.00. The van der Waals surface area contributed by atoms with E-state index in [4.69, 9.17) is 4.52 Å². The van der Waals surface area contributed by atoms with Gasteiger partial charge in [-0.15, -0.1) is 0 Å². The van der Waals surface area contributed by atoms with Crippen molar-refractivity contribution in [3.8, 4) is 0 Å². The van der Waals surface area contributed by atoms with Crippen LogP contribution in [0.1, 0.15) is 37.4 Å². The van der Waals surface area contributed by atoms with Crippen LogP contribution in [0.25, 0.3) is 27.8 Å². The molecule has 1 aromatic heterocycles. The van der Waals surface area contributed by atoms with E-state index in [0.29, 0.717) is 0 Å². The van der Waals surface area contributed by atoms with Gasteiger partial charge in [0.25, 0.3) is 0 Å². The Morgan fingerprint density at radius 2 is 2.04 bits per heavy atom. The maximum Gasteiger partial charge on any atom is 0.174 e. The second-order valence-electron chi connectivity index (χ2n) is 6.75. The first-order valence-electron chi connectivity index (χ1n) is 9.00. The van der Waals surface area contributed by atoms with E-state index in [0.717, 1.165) is 42.3 Å². The lowest BCUT2D eigenvalue weighted by Gasteiger charge is -2.21. The molecule has 3 nitrogen and oxygen atoms in total. The van der Waals surface area contributed by atoms with Crippen molar-refractivity contribution in [2.24, 2.45) is 5.92 Å². The average molecular weight is 320 g/mol. The Labute approximate surface area is 142 Å². The number of nitrogens with one attached hydrogen (secondary N) is 1. The number of allylic oxidation sites excluding steroid dienone is 1. The first kappa shape index (κ1) is 15.4. The molecule has 24 heavy (non-hydrogen) atoms. The summed E-state index contributed by atoms with van der Waals surface area (Å²) in [6.45, 7) is 4.35. The monoisotopic (exact) mass is 320 g/mol. The Bertz CT molecular complexity index is 872. The number of aromatic nitrogens is 1. The fraction of sp³-hybridized carbons (Fsp3) is 0.381. The SMILES string of the molecule is C/C=C/c1c2ccccc2cc2c(CCC3CCNCC3)noc12. The number of piperidine rings is 1. The van der Waals surface area contributed by atoms with Crippen LogP contribution in [0.4, 0.5) is 0 Å². The van der Waals surface area contributed by atoms with E-state index in [1.165, 1.54) is 35.4 Å². The standard InChI is InChI=1S/C21H24N2O/c1-2-5-18-17-7-4-3-6-16(17)14-19-20(23-24-21(18)19)9-8-15-10-12-22-13-11-15/h2-7,14-15,22H,8-13H2,1H3/b5-2+. The lowest BCUT2D eigenvalue weighted by atomic mass is 9.91. The molecule has 4 rings (SSSR count). The Kier molecular flexibility index (Phi) is 4.35. The van der Waals surface area contributed by atoms with Crippen LogP contribution in [-0.2, 0) is 6.42 Å². The zero-order chi connectivity index (χ0) is 16.4. The van der Waals surface area contributed by atoms with E-state index >= 15 is 0 Å². The topological polar surface area (TPSA) is 38.1 Å². The molecule has 0 saturated carbocycles. The van der Waals surface area contributed by atoms with Crippen LogP contribution in [0.3, 0.4) is 0 Å². The van der Waals surface area contributed by atoms with Gasteiger partial charge >= 0.3 is 0 Å². The van der Waals surface area contributed by atoms with Gasteiger partial charge in [0.05, 0.1) is 5.69 Å². The maximum atomic E-state index is 5.77. The number of aryl methyl sites for hydroxylation is 1. The van der Waals surface area contributed by atoms with Gasteiger partial charge in [0.2, 0.25) is 0 Å². The molecule has 1 N–H and O–H groups in total. The quantitative estimate of drug-likeness (QED) is 0.739. The van der Waals surface area contributed by atoms with Crippen molar-refractivity contribution in [3.05, 3.63) is 47.7 Å². The number of hydrogen-bond donors (Lipinski definition) is 1. The maximum absolute atomic E-state index is 5.77. The van der Waals surface area contributed by atoms with Gasteiger partial charge in [0, 0.05) is 10.9 Å². The van der Waals surface area contributed by atoms with Crippen molar-refractivity contribution in [3.63, 3.8) is 0 Å². The van der Waals surface area contributed by atoms with Crippen molar-refractivity contribution in [1.29, 1.82) is 0 Å². The van der Waals surface area contributed by atoms with Gasteiger partial charge in [-0.3, -0.25) is 0 Å². The summed E-state index contributed by atoms with van der Waals surface area (Å²) in [7, 11) is 0. The van der Waals surface area contributed by atoms with Gasteiger partial charge in [-0.05, 0) is 68.5 Å². The lowest BCUT2D eigenvalue weighted by Crippen LogP contribution is -2.27. The Balaban J connectivity index is 1.72. The third kappa shape index (κ3) is 2.84. The summed E-state index contributed by atoms with van der Waals surface area (Å²) >= 11 is 0. The largest absolute Gasteiger partial charge is 0.355 e. The average Bonchev–Trinajstić information content (AvgIpc) is 3.03. The second kappa shape index (κ2) is 6.78. The van der Waals surface area contributed by atoms with Gasteiger partial charge in [0.15, 0.2) is 5.58 Å². The van der Waals surface area contributed by atoms with Gasteiger partial charge in [0.1, 0.15) is 0 Å². The van der Waals surface area contributed by atoms with E-state index in [-0.39, 0.29) is 0 Å². The molecule has 124 valence electrons. The number of rotatable bonds is 4. The minimum atomic E-state index is 0.813. The zero-order valence-electron chi connectivity index (χ0n) is 14.2. The molecule has 1 aliphatic heterocycles. The third-order valence-corrected chi connectivity index (χ3v) is 5.18. The van der Waals surface area contributed by atoms with Gasteiger partial charge in [-0.2, -0.15) is 0 Å². The minimum Gasteiger partial charge on any atom is -0.355 e. The van der Waals surface area contributed by atoms with Crippen LogP contribution in [0.15, 0.2) is 40.9 Å². The molecule has 0 radical (unpaired) electrons. The fourth-order valence-electron chi connectivity index (χ4n) is 3.84. The van der Waals surface area contributed by atoms with Crippen LogP contribution in [-0.4, -0.2) is 18.2 Å². The van der Waals surface area contributed by atoms with Crippen molar-refractivity contribution < 1.29 is 4.52 Å². The zero-order valence-corrected chi connectivity index (χ0v) is 14.2. The number of nitrogens with zero attached hydrogens (tertiary/aromatic N) is 1. The molecule has 1 saturated heterocycles. The molecule has 1 aliphatic rings. The highest BCUT2D eigenvalue weighted by molar-refractivity contribution is 6.05. The predicted molar refractivity (Wildman–Crippen MR) is 100 cm³/mol. The summed E-state index contributed by atoms with van der Waals surface area (Å²) in [4.78, 5) is 0. The van der Waals surface area contributed by atoms with Crippen molar-refractivity contribution in [1.82, 2.24) is 10.5 Å². The van der Waals surface area contributed by atoms with Crippen LogP contribution < -0.4 is 5.32 Å². The first-order chi connectivity index (χ1) is 11.9. The van der Waals surface area contributed by atoms with Gasteiger partial charge in [-0.25, -0.2) is 0 Å². The van der Waals surface area contributed by atoms with E-state index in [1.807, 2.05) is 6.92 Å². The highest BCUT2D eigenvalue weighted by atomic mass is 16.5. The molecule has 0 atom stereocenters. The predicted octanol–water partition coefficient (Wildman–Crippen LogP) is 4.95. The van der Waals surface area contributed by atoms with Gasteiger partial charge < -0.3 is 9.84 Å². The van der Waals surface area contributed by atoms with Crippen molar-refractivity contribution >= 4 is 27.8 Å². The van der Waals surface area contributed by atoms with E-state index in [9.17, 15) is 0 Å². The molecule has 2 heterocycles. The molecule has 3 heteroatoms. The summed E-state index contributed by atoms with van der Waals surface area (Å²) in [5.74, 6) is 0.813. The van der Waals surface area contributed by atoms with E-state index in [1.54, 1.807) is 0 Å². The second-order valence-corrected chi connectivity index (χ2v) is 6.75. The normalized spacial score (nSPS) is 16.5. The van der Waals surface area contributed by atoms with Crippen LogP contribution in [0, 0.1) is 5.92 Å². The number of hydrogen-bond acceptors (Lipinski definition) is 3. The fourth-order valence-corrected chi connectivity index (χ4v) is 3.84. The Morgan fingerprint density at radius 1 is 1.21 bits per heavy atom. The Morgan fingerprint density at radius 3 is 2.88 bits per heavy atom. The van der Waals surface area contributed by atoms with Crippen LogP contribution in [0.2, 0.25) is 0 Å². The summed E-state index contributed by atoms with van der Waals surface area (Å²) in [5.41, 5.74) is 3.18. The van der Waals surface area contributed by atoms with Crippen molar-refractivity contribution in [2.75, 3.05) is 13.1 Å². The van der Waals surface area contributed by atoms with E-state index < -0.39 is 0 Å². The highest BCUT2D eigenvalue weighted by Crippen LogP contribution is 2.32. The smallest absolute Gasteiger partial charge is 0.174 e. The lowest BCUT2D eigenvalue weighted by molar-refractivity contribution is 0.350. The molecule has 3 aromatic rings. The molecule has 0 spiro atoms. The molecule has 0 unspecified atom stereocenters. The molecule has 0 bridgehead atoms. The highest BCUT2D eigenvalue weighted by Gasteiger charge is 2.17. The molecule has 1 fully saturated rings. The molecular formula is C21H24N2O. The minimum absolute atomic E-state index is 0.813. The summed E-state index contributed by atoms with van der Waals surface area (Å²) in [5, 5.41) is 11.5. The summed E-state index contributed by atoms with van der Waals surface area (Å²) in [6, 6.07) is 10.7. The molecule has 0 amide bonds. The number of fused-ring (bicyclic) bond motifs is 2. The summed E-state index contributed by atoms with van der Waals surface area (Å²) in [6.07, 6.45) is 8.97. The number of benzene rings is 2. The van der Waals surface area contributed by atoms with E-state index in [2.05, 4.69) is 53.0 Å². The molecule has 0 aliphatic carbocycles. The van der Waals surface area contributed by atoms with Crippen LogP contribution >= 0.6 is 0 Å². The Hall–Kier alpha value is -2.13. The molecular weight excluding hydrogens is 296 g/mol. The summed E-state index contributed by atoms with van der Waals surface area (Å²) < 4.78 is 5.77. The van der Waals surface area contributed by atoms with Crippen LogP contribution in [0.5, 0.6) is 0 Å².